The van der Waals surface area contributed by atoms with Gasteiger partial charge in [0.1, 0.15) is 0 Å². The van der Waals surface area contributed by atoms with Crippen molar-refractivity contribution in [1.82, 2.24) is 4.72 Å². The highest BCUT2D eigenvalue weighted by atomic mass is 32.2. The fraction of sp³-hybridized carbons (Fsp3) is 0.600. The van der Waals surface area contributed by atoms with Crippen LogP contribution >= 0.6 is 0 Å². The van der Waals surface area contributed by atoms with Crippen molar-refractivity contribution >= 4 is 10.0 Å². The number of benzene rings is 1. The van der Waals surface area contributed by atoms with E-state index in [0.29, 0.717) is 17.2 Å². The second kappa shape index (κ2) is 6.70. The van der Waals surface area contributed by atoms with Crippen LogP contribution in [0.4, 0.5) is 0 Å². The molecule has 20 heavy (non-hydrogen) atoms. The molecule has 0 saturated heterocycles. The van der Waals surface area contributed by atoms with E-state index < -0.39 is 10.0 Å². The lowest BCUT2D eigenvalue weighted by Gasteiger charge is -2.11. The molecule has 0 radical (unpaired) electrons. The van der Waals surface area contributed by atoms with E-state index in [4.69, 9.17) is 0 Å². The summed E-state index contributed by atoms with van der Waals surface area (Å²) in [4.78, 5) is 0.290. The molecule has 2 rings (SSSR count). The molecule has 1 aromatic rings. The lowest BCUT2D eigenvalue weighted by molar-refractivity contribution is 0.143. The summed E-state index contributed by atoms with van der Waals surface area (Å²) in [5, 5.41) is 9.72. The number of hydrogen-bond donors (Lipinski definition) is 2. The zero-order valence-electron chi connectivity index (χ0n) is 11.9. The van der Waals surface area contributed by atoms with Crippen LogP contribution in [0.3, 0.4) is 0 Å². The molecule has 0 bridgehead atoms. The molecular formula is C15H23NO3S. The second-order valence-corrected chi connectivity index (χ2v) is 7.25. The molecule has 0 heterocycles. The molecule has 0 spiro atoms. The Kier molecular flexibility index (Phi) is 5.18. The van der Waals surface area contributed by atoms with Gasteiger partial charge >= 0.3 is 0 Å². The number of aryl methyl sites for hydroxylation is 1. The van der Waals surface area contributed by atoms with Crippen molar-refractivity contribution in [2.45, 2.75) is 50.0 Å². The third-order valence-electron chi connectivity index (χ3n) is 3.67. The van der Waals surface area contributed by atoms with Gasteiger partial charge in [-0.1, -0.05) is 25.5 Å². The van der Waals surface area contributed by atoms with Gasteiger partial charge < -0.3 is 5.11 Å². The first-order valence-electron chi connectivity index (χ1n) is 7.29. The van der Waals surface area contributed by atoms with Crippen LogP contribution in [0.2, 0.25) is 0 Å². The standard InChI is InChI=1S/C15H23NO3S/c1-2-3-12-4-8-14(9-5-12)20(18,19)16-11-10-15(17)13-6-7-13/h4-5,8-9,13,15-17H,2-3,6-7,10-11H2,1H3/t15-/m0/s1. The lowest BCUT2D eigenvalue weighted by atomic mass is 10.1. The van der Waals surface area contributed by atoms with E-state index >= 15 is 0 Å². The monoisotopic (exact) mass is 297 g/mol. The first kappa shape index (κ1) is 15.5. The molecule has 1 aliphatic carbocycles. The molecule has 2 N–H and O–H groups in total. The van der Waals surface area contributed by atoms with Crippen molar-refractivity contribution in [1.29, 1.82) is 0 Å². The van der Waals surface area contributed by atoms with Crippen molar-refractivity contribution in [2.24, 2.45) is 5.92 Å². The zero-order valence-corrected chi connectivity index (χ0v) is 12.7. The maximum absolute atomic E-state index is 12.1. The van der Waals surface area contributed by atoms with Crippen LogP contribution in [0.5, 0.6) is 0 Å². The quantitative estimate of drug-likeness (QED) is 0.772. The summed E-state index contributed by atoms with van der Waals surface area (Å²) in [7, 11) is -3.45. The van der Waals surface area contributed by atoms with Gasteiger partial charge in [-0.05, 0) is 49.3 Å². The van der Waals surface area contributed by atoms with Gasteiger partial charge in [0.2, 0.25) is 10.0 Å². The molecule has 0 aromatic heterocycles. The van der Waals surface area contributed by atoms with Crippen LogP contribution in [0.25, 0.3) is 0 Å². The van der Waals surface area contributed by atoms with E-state index in [9.17, 15) is 13.5 Å². The Morgan fingerprint density at radius 2 is 1.95 bits per heavy atom. The summed E-state index contributed by atoms with van der Waals surface area (Å²) < 4.78 is 26.7. The minimum atomic E-state index is -3.45. The Morgan fingerprint density at radius 3 is 2.50 bits per heavy atom. The minimum absolute atomic E-state index is 0.288. The van der Waals surface area contributed by atoms with E-state index in [2.05, 4.69) is 11.6 Å². The van der Waals surface area contributed by atoms with E-state index in [1.54, 1.807) is 12.1 Å². The summed E-state index contributed by atoms with van der Waals surface area (Å²) >= 11 is 0. The highest BCUT2D eigenvalue weighted by Gasteiger charge is 2.29. The molecule has 5 heteroatoms. The topological polar surface area (TPSA) is 66.4 Å². The van der Waals surface area contributed by atoms with Crippen molar-refractivity contribution in [3.05, 3.63) is 29.8 Å². The summed E-state index contributed by atoms with van der Waals surface area (Å²) in [6.07, 6.45) is 4.24. The first-order chi connectivity index (χ1) is 9.53. The smallest absolute Gasteiger partial charge is 0.240 e. The van der Waals surface area contributed by atoms with Crippen molar-refractivity contribution < 1.29 is 13.5 Å². The summed E-state index contributed by atoms with van der Waals surface area (Å²) in [6, 6.07) is 7.00. The normalized spacial score (nSPS) is 17.1. The predicted molar refractivity (Wildman–Crippen MR) is 79.0 cm³/mol. The second-order valence-electron chi connectivity index (χ2n) is 5.49. The summed E-state index contributed by atoms with van der Waals surface area (Å²) in [5.74, 6) is 0.382. The van der Waals surface area contributed by atoms with E-state index in [1.165, 1.54) is 0 Å². The fourth-order valence-corrected chi connectivity index (χ4v) is 3.31. The predicted octanol–water partition coefficient (Wildman–Crippen LogP) is 2.08. The van der Waals surface area contributed by atoms with Gasteiger partial charge in [-0.3, -0.25) is 0 Å². The number of sulfonamides is 1. The summed E-state index contributed by atoms with van der Waals surface area (Å²) in [6.45, 7) is 2.38. The highest BCUT2D eigenvalue weighted by Crippen LogP contribution is 2.33. The third kappa shape index (κ3) is 4.30. The molecule has 112 valence electrons. The summed E-state index contributed by atoms with van der Waals surface area (Å²) in [5.41, 5.74) is 1.15. The zero-order chi connectivity index (χ0) is 14.6. The van der Waals surface area contributed by atoms with E-state index in [1.807, 2.05) is 12.1 Å². The van der Waals surface area contributed by atoms with Crippen LogP contribution in [-0.2, 0) is 16.4 Å². The van der Waals surface area contributed by atoms with Gasteiger partial charge in [0.05, 0.1) is 11.0 Å². The molecule has 4 nitrogen and oxygen atoms in total. The molecule has 1 aliphatic rings. The van der Waals surface area contributed by atoms with Crippen molar-refractivity contribution in [2.75, 3.05) is 6.54 Å². The lowest BCUT2D eigenvalue weighted by Crippen LogP contribution is -2.27. The highest BCUT2D eigenvalue weighted by molar-refractivity contribution is 7.89. The van der Waals surface area contributed by atoms with Gasteiger partial charge in [-0.2, -0.15) is 0 Å². The Balaban J connectivity index is 1.88. The van der Waals surface area contributed by atoms with Gasteiger partial charge in [0.15, 0.2) is 0 Å². The van der Waals surface area contributed by atoms with Crippen LogP contribution < -0.4 is 4.72 Å². The Bertz CT molecular complexity index is 521. The number of rotatable bonds is 8. The van der Waals surface area contributed by atoms with Gasteiger partial charge in [-0.15, -0.1) is 0 Å². The Hall–Kier alpha value is -0.910. The largest absolute Gasteiger partial charge is 0.393 e. The van der Waals surface area contributed by atoms with E-state index in [-0.39, 0.29) is 12.6 Å². The SMILES string of the molecule is CCCc1ccc(S(=O)(=O)NCC[C@H](O)C2CC2)cc1. The molecule has 1 atom stereocenters. The van der Waals surface area contributed by atoms with Crippen molar-refractivity contribution in [3.63, 3.8) is 0 Å². The number of hydrogen-bond acceptors (Lipinski definition) is 3. The minimum Gasteiger partial charge on any atom is -0.393 e. The maximum Gasteiger partial charge on any atom is 0.240 e. The molecule has 0 aliphatic heterocycles. The van der Waals surface area contributed by atoms with Gasteiger partial charge in [-0.25, -0.2) is 13.1 Å². The van der Waals surface area contributed by atoms with Crippen LogP contribution in [0, 0.1) is 5.92 Å². The Morgan fingerprint density at radius 1 is 1.30 bits per heavy atom. The first-order valence-corrected chi connectivity index (χ1v) is 8.78. The molecular weight excluding hydrogens is 274 g/mol. The average molecular weight is 297 g/mol. The van der Waals surface area contributed by atoms with E-state index in [0.717, 1.165) is 31.2 Å². The molecule has 1 saturated carbocycles. The number of nitrogens with one attached hydrogen (secondary N) is 1. The van der Waals surface area contributed by atoms with Crippen LogP contribution in [-0.4, -0.2) is 26.2 Å². The van der Waals surface area contributed by atoms with Gasteiger partial charge in [0, 0.05) is 6.54 Å². The Labute approximate surface area is 121 Å². The van der Waals surface area contributed by atoms with Crippen molar-refractivity contribution in [3.8, 4) is 0 Å². The van der Waals surface area contributed by atoms with Crippen LogP contribution in [0.15, 0.2) is 29.2 Å². The van der Waals surface area contributed by atoms with Gasteiger partial charge in [0.25, 0.3) is 0 Å². The fourth-order valence-electron chi connectivity index (χ4n) is 2.27. The molecule has 0 unspecified atom stereocenters. The average Bonchev–Trinajstić information content (AvgIpc) is 3.24. The third-order valence-corrected chi connectivity index (χ3v) is 5.15. The maximum atomic E-state index is 12.1. The number of aliphatic hydroxyl groups excluding tert-OH is 1. The molecule has 1 aromatic carbocycles. The molecule has 1 fully saturated rings. The van der Waals surface area contributed by atoms with Crippen LogP contribution in [0.1, 0.15) is 38.2 Å². The molecule has 0 amide bonds. The number of aliphatic hydroxyl groups is 1.